The van der Waals surface area contributed by atoms with Crippen LogP contribution in [0.25, 0.3) is 0 Å². The van der Waals surface area contributed by atoms with E-state index in [0.29, 0.717) is 11.5 Å². The number of ether oxygens (including phenoxy) is 2. The average molecular weight is 374 g/mol. The Morgan fingerprint density at radius 2 is 1.96 bits per heavy atom. The Bertz CT molecular complexity index is 620. The largest absolute Gasteiger partial charge is 0.385 e. The number of piperidine rings is 1. The molecule has 1 heterocycles. The van der Waals surface area contributed by atoms with Gasteiger partial charge >= 0.3 is 0 Å². The maximum Gasteiger partial charge on any atom is 0.193 e. The van der Waals surface area contributed by atoms with E-state index in [-0.39, 0.29) is 0 Å². The van der Waals surface area contributed by atoms with Gasteiger partial charge in [-0.05, 0) is 50.2 Å². The molecule has 27 heavy (non-hydrogen) atoms. The summed E-state index contributed by atoms with van der Waals surface area (Å²) in [6.45, 7) is 6.78. The van der Waals surface area contributed by atoms with E-state index in [1.165, 1.54) is 24.0 Å². The molecule has 1 aromatic rings. The minimum absolute atomic E-state index is 0.296. The van der Waals surface area contributed by atoms with E-state index in [2.05, 4.69) is 46.4 Å². The Hall–Kier alpha value is -1.59. The van der Waals surface area contributed by atoms with Crippen molar-refractivity contribution >= 4 is 5.96 Å². The van der Waals surface area contributed by atoms with Crippen molar-refractivity contribution in [3.63, 3.8) is 0 Å². The normalized spacial score (nSPS) is 20.0. The van der Waals surface area contributed by atoms with Crippen LogP contribution in [0.1, 0.15) is 43.2 Å². The van der Waals surface area contributed by atoms with Gasteiger partial charge in [-0.2, -0.15) is 0 Å². The number of nitrogens with zero attached hydrogens (tertiary/aromatic N) is 2. The number of benzene rings is 1. The lowest BCUT2D eigenvalue weighted by molar-refractivity contribution is 0.00989. The van der Waals surface area contributed by atoms with Crippen molar-refractivity contribution in [2.45, 2.75) is 50.5 Å². The number of guanidine groups is 1. The molecule has 3 rings (SSSR count). The molecule has 0 amide bonds. The first-order valence-corrected chi connectivity index (χ1v) is 10.3. The zero-order chi connectivity index (χ0) is 19.1. The molecule has 1 aliphatic heterocycles. The fourth-order valence-electron chi connectivity index (χ4n) is 4.13. The zero-order valence-electron chi connectivity index (χ0n) is 17.2. The maximum absolute atomic E-state index is 5.98. The first kappa shape index (κ1) is 20.2. The molecule has 1 aliphatic carbocycles. The second-order valence-electron chi connectivity index (χ2n) is 7.90. The molecule has 5 nitrogen and oxygen atoms in total. The third-order valence-electron chi connectivity index (χ3n) is 5.95. The molecule has 2 fully saturated rings. The van der Waals surface area contributed by atoms with Gasteiger partial charge in [-0.3, -0.25) is 4.99 Å². The van der Waals surface area contributed by atoms with E-state index < -0.39 is 0 Å². The van der Waals surface area contributed by atoms with Crippen LogP contribution >= 0.6 is 0 Å². The predicted molar refractivity (Wildman–Crippen MR) is 110 cm³/mol. The van der Waals surface area contributed by atoms with Crippen LogP contribution in [0.3, 0.4) is 0 Å². The van der Waals surface area contributed by atoms with Crippen molar-refractivity contribution in [2.75, 3.05) is 47.0 Å². The van der Waals surface area contributed by atoms with Crippen LogP contribution in [0, 0.1) is 6.92 Å². The fraction of sp³-hybridized carbons (Fsp3) is 0.682. The fourth-order valence-corrected chi connectivity index (χ4v) is 4.13. The van der Waals surface area contributed by atoms with Crippen LogP contribution in [0.5, 0.6) is 0 Å². The molecule has 1 N–H and O–H groups in total. The number of rotatable bonds is 8. The SMILES string of the molecule is CN=C(NCC1(c2ccccc2C)CC1)N1CCC(OCCCOC)CC1. The second kappa shape index (κ2) is 9.56. The molecule has 0 atom stereocenters. The van der Waals surface area contributed by atoms with E-state index in [0.717, 1.165) is 58.1 Å². The third kappa shape index (κ3) is 5.23. The number of aliphatic imine (C=N–C) groups is 1. The van der Waals surface area contributed by atoms with Crippen LogP contribution in [0.2, 0.25) is 0 Å². The Labute approximate surface area is 164 Å². The summed E-state index contributed by atoms with van der Waals surface area (Å²) in [6.07, 6.45) is 6.00. The first-order valence-electron chi connectivity index (χ1n) is 10.3. The van der Waals surface area contributed by atoms with Gasteiger partial charge in [0, 0.05) is 52.4 Å². The van der Waals surface area contributed by atoms with Crippen molar-refractivity contribution in [1.82, 2.24) is 10.2 Å². The van der Waals surface area contributed by atoms with Gasteiger partial charge in [0.1, 0.15) is 0 Å². The van der Waals surface area contributed by atoms with E-state index in [1.807, 2.05) is 7.05 Å². The minimum Gasteiger partial charge on any atom is -0.385 e. The van der Waals surface area contributed by atoms with Gasteiger partial charge in [0.15, 0.2) is 5.96 Å². The molecule has 5 heteroatoms. The number of aryl methyl sites for hydroxylation is 1. The van der Waals surface area contributed by atoms with Gasteiger partial charge in [0.05, 0.1) is 6.10 Å². The van der Waals surface area contributed by atoms with Crippen molar-refractivity contribution in [3.8, 4) is 0 Å². The molecular formula is C22H35N3O2. The van der Waals surface area contributed by atoms with Crippen LogP contribution in [-0.4, -0.2) is 64.0 Å². The Kier molecular flexibility index (Phi) is 7.13. The summed E-state index contributed by atoms with van der Waals surface area (Å²) in [7, 11) is 3.63. The lowest BCUT2D eigenvalue weighted by Gasteiger charge is -2.34. The van der Waals surface area contributed by atoms with E-state index in [1.54, 1.807) is 7.11 Å². The third-order valence-corrected chi connectivity index (χ3v) is 5.95. The Morgan fingerprint density at radius 1 is 1.22 bits per heavy atom. The molecule has 1 aromatic carbocycles. The highest BCUT2D eigenvalue weighted by atomic mass is 16.5. The summed E-state index contributed by atoms with van der Waals surface area (Å²) >= 11 is 0. The van der Waals surface area contributed by atoms with E-state index >= 15 is 0 Å². The van der Waals surface area contributed by atoms with Gasteiger partial charge < -0.3 is 19.7 Å². The summed E-state index contributed by atoms with van der Waals surface area (Å²) < 4.78 is 11.1. The van der Waals surface area contributed by atoms with Crippen molar-refractivity contribution in [2.24, 2.45) is 4.99 Å². The molecule has 2 aliphatic rings. The molecule has 150 valence electrons. The van der Waals surface area contributed by atoms with Gasteiger partial charge in [-0.15, -0.1) is 0 Å². The topological polar surface area (TPSA) is 46.1 Å². The van der Waals surface area contributed by atoms with Crippen LogP contribution in [0.15, 0.2) is 29.3 Å². The van der Waals surface area contributed by atoms with Gasteiger partial charge in [0.25, 0.3) is 0 Å². The molecule has 1 saturated heterocycles. The monoisotopic (exact) mass is 373 g/mol. The first-order chi connectivity index (χ1) is 13.2. The molecular weight excluding hydrogens is 338 g/mol. The summed E-state index contributed by atoms with van der Waals surface area (Å²) in [4.78, 5) is 6.92. The number of methoxy groups -OCH3 is 1. The summed E-state index contributed by atoms with van der Waals surface area (Å²) in [5, 5.41) is 3.66. The summed E-state index contributed by atoms with van der Waals surface area (Å²) in [5.74, 6) is 1.03. The predicted octanol–water partition coefficient (Wildman–Crippen LogP) is 3.12. The lowest BCUT2D eigenvalue weighted by atomic mass is 9.92. The van der Waals surface area contributed by atoms with E-state index in [4.69, 9.17) is 9.47 Å². The molecule has 0 unspecified atom stereocenters. The molecule has 0 spiro atoms. The highest BCUT2D eigenvalue weighted by molar-refractivity contribution is 5.80. The van der Waals surface area contributed by atoms with Crippen LogP contribution in [-0.2, 0) is 14.9 Å². The van der Waals surface area contributed by atoms with Crippen molar-refractivity contribution in [3.05, 3.63) is 35.4 Å². The van der Waals surface area contributed by atoms with Gasteiger partial charge in [-0.1, -0.05) is 24.3 Å². The number of hydrogen-bond acceptors (Lipinski definition) is 3. The zero-order valence-corrected chi connectivity index (χ0v) is 17.2. The smallest absolute Gasteiger partial charge is 0.193 e. The molecule has 1 saturated carbocycles. The number of likely N-dealkylation sites (tertiary alicyclic amines) is 1. The van der Waals surface area contributed by atoms with Gasteiger partial charge in [0.2, 0.25) is 0 Å². The highest BCUT2D eigenvalue weighted by Crippen LogP contribution is 2.48. The average Bonchev–Trinajstić information content (AvgIpc) is 3.48. The summed E-state index contributed by atoms with van der Waals surface area (Å²) in [6, 6.07) is 8.80. The minimum atomic E-state index is 0.296. The second-order valence-corrected chi connectivity index (χ2v) is 7.90. The maximum atomic E-state index is 5.98. The Balaban J connectivity index is 1.46. The molecule has 0 radical (unpaired) electrons. The van der Waals surface area contributed by atoms with Crippen molar-refractivity contribution < 1.29 is 9.47 Å². The number of hydrogen-bond donors (Lipinski definition) is 1. The Morgan fingerprint density at radius 3 is 2.59 bits per heavy atom. The quantitative estimate of drug-likeness (QED) is 0.432. The molecule has 0 aromatic heterocycles. The number of nitrogens with one attached hydrogen (secondary N) is 1. The van der Waals surface area contributed by atoms with Crippen molar-refractivity contribution in [1.29, 1.82) is 0 Å². The molecule has 0 bridgehead atoms. The van der Waals surface area contributed by atoms with Gasteiger partial charge in [-0.25, -0.2) is 0 Å². The van der Waals surface area contributed by atoms with Crippen LogP contribution < -0.4 is 5.32 Å². The standard InChI is InChI=1S/C22H35N3O2/c1-18-7-4-5-8-20(18)22(11-12-22)17-24-21(23-2)25-13-9-19(10-14-25)27-16-6-15-26-3/h4-5,7-8,19H,6,9-17H2,1-3H3,(H,23,24). The van der Waals surface area contributed by atoms with E-state index in [9.17, 15) is 0 Å². The lowest BCUT2D eigenvalue weighted by Crippen LogP contribution is -2.48. The highest BCUT2D eigenvalue weighted by Gasteiger charge is 2.45. The van der Waals surface area contributed by atoms with Crippen LogP contribution in [0.4, 0.5) is 0 Å². The summed E-state index contributed by atoms with van der Waals surface area (Å²) in [5.41, 5.74) is 3.19.